The SMILES string of the molecule is N=C/C(=C\NC1CCNC1)[N+](=O)[O-]. The van der Waals surface area contributed by atoms with Gasteiger partial charge in [-0.3, -0.25) is 10.1 Å². The minimum absolute atomic E-state index is 0.216. The summed E-state index contributed by atoms with van der Waals surface area (Å²) in [6.07, 6.45) is 2.97. The van der Waals surface area contributed by atoms with Gasteiger partial charge in [0.2, 0.25) is 0 Å². The van der Waals surface area contributed by atoms with Crippen LogP contribution < -0.4 is 10.6 Å². The number of nitrogens with one attached hydrogen (secondary N) is 3. The molecule has 1 atom stereocenters. The van der Waals surface area contributed by atoms with Crippen LogP contribution in [-0.2, 0) is 0 Å². The Morgan fingerprint density at radius 2 is 2.54 bits per heavy atom. The van der Waals surface area contributed by atoms with Gasteiger partial charge >= 0.3 is 5.70 Å². The number of nitro groups is 1. The average Bonchev–Trinajstić information content (AvgIpc) is 2.57. The summed E-state index contributed by atoms with van der Waals surface area (Å²) in [5, 5.41) is 23.1. The molecule has 6 nitrogen and oxygen atoms in total. The fourth-order valence-electron chi connectivity index (χ4n) is 1.15. The Bertz CT molecular complexity index is 233. The summed E-state index contributed by atoms with van der Waals surface area (Å²) in [5.74, 6) is 0. The van der Waals surface area contributed by atoms with Gasteiger partial charge in [0.1, 0.15) is 0 Å². The van der Waals surface area contributed by atoms with Crippen LogP contribution in [0.4, 0.5) is 0 Å². The maximum Gasteiger partial charge on any atom is 0.302 e. The second kappa shape index (κ2) is 4.56. The molecule has 72 valence electrons. The van der Waals surface area contributed by atoms with E-state index >= 15 is 0 Å². The van der Waals surface area contributed by atoms with Crippen molar-refractivity contribution in [2.45, 2.75) is 12.5 Å². The molecule has 0 spiro atoms. The molecule has 0 saturated carbocycles. The van der Waals surface area contributed by atoms with Crippen LogP contribution in [0.25, 0.3) is 0 Å². The molecule has 0 aliphatic carbocycles. The van der Waals surface area contributed by atoms with Gasteiger partial charge in [-0.25, -0.2) is 0 Å². The first-order valence-electron chi connectivity index (χ1n) is 4.06. The van der Waals surface area contributed by atoms with E-state index in [9.17, 15) is 10.1 Å². The summed E-state index contributed by atoms with van der Waals surface area (Å²) < 4.78 is 0. The highest BCUT2D eigenvalue weighted by atomic mass is 16.6. The maximum absolute atomic E-state index is 10.3. The molecule has 0 aromatic carbocycles. The van der Waals surface area contributed by atoms with Gasteiger partial charge in [0.05, 0.1) is 17.3 Å². The van der Waals surface area contributed by atoms with E-state index in [2.05, 4.69) is 10.6 Å². The lowest BCUT2D eigenvalue weighted by Crippen LogP contribution is -2.27. The predicted molar refractivity (Wildman–Crippen MR) is 48.3 cm³/mol. The molecule has 1 saturated heterocycles. The van der Waals surface area contributed by atoms with E-state index in [1.807, 2.05) is 0 Å². The summed E-state index contributed by atoms with van der Waals surface area (Å²) in [4.78, 5) is 9.68. The Hall–Kier alpha value is -1.43. The summed E-state index contributed by atoms with van der Waals surface area (Å²) in [6.45, 7) is 1.75. The summed E-state index contributed by atoms with van der Waals surface area (Å²) in [7, 11) is 0. The monoisotopic (exact) mass is 184 g/mol. The third-order valence-electron chi connectivity index (χ3n) is 1.89. The fourth-order valence-corrected chi connectivity index (χ4v) is 1.15. The first-order valence-corrected chi connectivity index (χ1v) is 4.06. The maximum atomic E-state index is 10.3. The van der Waals surface area contributed by atoms with Gasteiger partial charge in [-0.05, 0) is 13.0 Å². The van der Waals surface area contributed by atoms with Gasteiger partial charge in [-0.15, -0.1) is 0 Å². The van der Waals surface area contributed by atoms with Gasteiger partial charge < -0.3 is 16.0 Å². The first-order chi connectivity index (χ1) is 6.24. The van der Waals surface area contributed by atoms with Crippen LogP contribution >= 0.6 is 0 Å². The molecule has 1 fully saturated rings. The van der Waals surface area contributed by atoms with Crippen molar-refractivity contribution in [3.05, 3.63) is 22.0 Å². The van der Waals surface area contributed by atoms with Gasteiger partial charge in [0.15, 0.2) is 0 Å². The number of hydrogen-bond donors (Lipinski definition) is 3. The Balaban J connectivity index is 2.43. The topological polar surface area (TPSA) is 91.1 Å². The van der Waals surface area contributed by atoms with E-state index in [1.165, 1.54) is 6.20 Å². The predicted octanol–water partition coefficient (Wildman–Crippen LogP) is -0.294. The van der Waals surface area contributed by atoms with Crippen LogP contribution in [0.5, 0.6) is 0 Å². The number of hydrogen-bond acceptors (Lipinski definition) is 5. The molecular weight excluding hydrogens is 172 g/mol. The van der Waals surface area contributed by atoms with E-state index < -0.39 is 4.92 Å². The molecule has 0 amide bonds. The van der Waals surface area contributed by atoms with Crippen LogP contribution in [-0.4, -0.2) is 30.3 Å². The molecule has 0 bridgehead atoms. The van der Waals surface area contributed by atoms with Gasteiger partial charge in [0.25, 0.3) is 0 Å². The number of nitrogens with zero attached hydrogens (tertiary/aromatic N) is 1. The van der Waals surface area contributed by atoms with Crippen molar-refractivity contribution in [2.75, 3.05) is 13.1 Å². The normalized spacial score (nSPS) is 22.8. The molecule has 1 heterocycles. The second-order valence-corrected chi connectivity index (χ2v) is 2.83. The van der Waals surface area contributed by atoms with Crippen molar-refractivity contribution < 1.29 is 4.92 Å². The molecular formula is C7H12N4O2. The smallest absolute Gasteiger partial charge is 0.302 e. The van der Waals surface area contributed by atoms with Crippen LogP contribution in [0.1, 0.15) is 6.42 Å². The number of rotatable bonds is 4. The minimum atomic E-state index is -0.581. The van der Waals surface area contributed by atoms with Gasteiger partial charge in [-0.2, -0.15) is 0 Å². The van der Waals surface area contributed by atoms with E-state index in [0.717, 1.165) is 25.7 Å². The highest BCUT2D eigenvalue weighted by Gasteiger charge is 2.13. The molecule has 6 heteroatoms. The molecule has 1 unspecified atom stereocenters. The van der Waals surface area contributed by atoms with Crippen LogP contribution in [0, 0.1) is 15.5 Å². The van der Waals surface area contributed by atoms with Crippen LogP contribution in [0.15, 0.2) is 11.9 Å². The summed E-state index contributed by atoms with van der Waals surface area (Å²) in [6, 6.07) is 0.245. The van der Waals surface area contributed by atoms with E-state index in [4.69, 9.17) is 5.41 Å². The van der Waals surface area contributed by atoms with E-state index in [0.29, 0.717) is 0 Å². The summed E-state index contributed by atoms with van der Waals surface area (Å²) >= 11 is 0. The lowest BCUT2D eigenvalue weighted by molar-refractivity contribution is -0.414. The molecule has 0 aromatic heterocycles. The zero-order valence-corrected chi connectivity index (χ0v) is 7.12. The van der Waals surface area contributed by atoms with Gasteiger partial charge in [-0.1, -0.05) is 0 Å². The molecule has 1 rings (SSSR count). The average molecular weight is 184 g/mol. The van der Waals surface area contributed by atoms with E-state index in [1.54, 1.807) is 0 Å². The van der Waals surface area contributed by atoms with Crippen molar-refractivity contribution in [1.82, 2.24) is 10.6 Å². The standard InChI is InChI=1S/C7H12N4O2/c8-3-7(11(12)13)5-10-6-1-2-9-4-6/h3,5-6,8-10H,1-2,4H2/b7-5+,8-3?. The van der Waals surface area contributed by atoms with Crippen molar-refractivity contribution in [3.63, 3.8) is 0 Å². The molecule has 1 aliphatic heterocycles. The zero-order valence-electron chi connectivity index (χ0n) is 7.12. The molecule has 3 N–H and O–H groups in total. The third-order valence-corrected chi connectivity index (χ3v) is 1.89. The molecule has 13 heavy (non-hydrogen) atoms. The lowest BCUT2D eigenvalue weighted by atomic mass is 10.3. The second-order valence-electron chi connectivity index (χ2n) is 2.83. The third kappa shape index (κ3) is 2.83. The molecule has 0 radical (unpaired) electrons. The van der Waals surface area contributed by atoms with Gasteiger partial charge in [0, 0.05) is 12.6 Å². The molecule has 1 aliphatic rings. The van der Waals surface area contributed by atoms with Crippen molar-refractivity contribution in [2.24, 2.45) is 0 Å². The van der Waals surface area contributed by atoms with Crippen LogP contribution in [0.2, 0.25) is 0 Å². The van der Waals surface area contributed by atoms with E-state index in [-0.39, 0.29) is 11.7 Å². The highest BCUT2D eigenvalue weighted by molar-refractivity contribution is 5.71. The highest BCUT2D eigenvalue weighted by Crippen LogP contribution is 1.97. The Labute approximate surface area is 75.7 Å². The zero-order chi connectivity index (χ0) is 9.68. The van der Waals surface area contributed by atoms with Crippen molar-refractivity contribution in [1.29, 1.82) is 5.41 Å². The Kier molecular flexibility index (Phi) is 3.39. The quantitative estimate of drug-likeness (QED) is 0.318. The van der Waals surface area contributed by atoms with Crippen molar-refractivity contribution in [3.8, 4) is 0 Å². The number of allylic oxidation sites excluding steroid dienone is 1. The van der Waals surface area contributed by atoms with Crippen LogP contribution in [0.3, 0.4) is 0 Å². The first kappa shape index (κ1) is 9.66. The minimum Gasteiger partial charge on any atom is -0.381 e. The largest absolute Gasteiger partial charge is 0.381 e. The van der Waals surface area contributed by atoms with Crippen molar-refractivity contribution >= 4 is 6.21 Å². The summed E-state index contributed by atoms with van der Waals surface area (Å²) in [5.41, 5.74) is -0.216. The molecule has 0 aromatic rings. The lowest BCUT2D eigenvalue weighted by Gasteiger charge is -2.06. The Morgan fingerprint density at radius 3 is 3.00 bits per heavy atom. The Morgan fingerprint density at radius 1 is 1.77 bits per heavy atom. The fraction of sp³-hybridized carbons (Fsp3) is 0.571.